The molecule has 0 spiro atoms. The summed E-state index contributed by atoms with van der Waals surface area (Å²) in [6, 6.07) is 7.45. The predicted molar refractivity (Wildman–Crippen MR) is 82.0 cm³/mol. The summed E-state index contributed by atoms with van der Waals surface area (Å²) in [6.45, 7) is 4.30. The standard InChI is InChI=1S/C16H21N3O2/c1-11(20)12-7-8-19(9-12)10-15-17-14-6-4-3-5-13(14)16(21)18(15)2/h3-6,11-12,20H,7-10H2,1-2H3. The number of benzene rings is 1. The van der Waals surface area contributed by atoms with Gasteiger partial charge in [-0.2, -0.15) is 0 Å². The van der Waals surface area contributed by atoms with Crippen LogP contribution >= 0.6 is 0 Å². The first-order valence-corrected chi connectivity index (χ1v) is 7.41. The van der Waals surface area contributed by atoms with Gasteiger partial charge in [0, 0.05) is 13.6 Å². The Labute approximate surface area is 123 Å². The average Bonchev–Trinajstić information content (AvgIpc) is 2.93. The molecule has 5 nitrogen and oxygen atoms in total. The summed E-state index contributed by atoms with van der Waals surface area (Å²) < 4.78 is 1.64. The van der Waals surface area contributed by atoms with Crippen LogP contribution in [0.1, 0.15) is 19.2 Å². The molecule has 0 amide bonds. The number of aliphatic hydroxyl groups excluding tert-OH is 1. The molecule has 0 aliphatic carbocycles. The number of aliphatic hydroxyl groups is 1. The quantitative estimate of drug-likeness (QED) is 0.919. The molecule has 0 radical (unpaired) electrons. The summed E-state index contributed by atoms with van der Waals surface area (Å²) in [5, 5.41) is 10.3. The molecule has 1 N–H and O–H groups in total. The minimum atomic E-state index is -0.275. The molecule has 5 heteroatoms. The summed E-state index contributed by atoms with van der Waals surface area (Å²) in [4.78, 5) is 19.2. The zero-order valence-corrected chi connectivity index (χ0v) is 12.5. The lowest BCUT2D eigenvalue weighted by Crippen LogP contribution is -2.29. The van der Waals surface area contributed by atoms with Gasteiger partial charge in [-0.3, -0.25) is 14.3 Å². The summed E-state index contributed by atoms with van der Waals surface area (Å²) >= 11 is 0. The van der Waals surface area contributed by atoms with Crippen molar-refractivity contribution in [1.82, 2.24) is 14.5 Å². The van der Waals surface area contributed by atoms with Crippen LogP contribution in [0.15, 0.2) is 29.1 Å². The molecule has 1 aromatic carbocycles. The summed E-state index contributed by atoms with van der Waals surface area (Å²) in [6.07, 6.45) is 0.725. The molecule has 2 heterocycles. The number of aromatic nitrogens is 2. The number of likely N-dealkylation sites (tertiary alicyclic amines) is 1. The van der Waals surface area contributed by atoms with Crippen LogP contribution in [0.4, 0.5) is 0 Å². The molecular weight excluding hydrogens is 266 g/mol. The zero-order chi connectivity index (χ0) is 15.0. The largest absolute Gasteiger partial charge is 0.393 e. The molecule has 2 unspecified atom stereocenters. The SMILES string of the molecule is CC(O)C1CCN(Cc2nc3ccccc3c(=O)n2C)C1. The van der Waals surface area contributed by atoms with Crippen LogP contribution < -0.4 is 5.56 Å². The van der Waals surface area contributed by atoms with E-state index in [1.165, 1.54) is 0 Å². The molecular formula is C16H21N3O2. The highest BCUT2D eigenvalue weighted by atomic mass is 16.3. The molecule has 1 aromatic heterocycles. The first-order valence-electron chi connectivity index (χ1n) is 7.41. The molecule has 112 valence electrons. The van der Waals surface area contributed by atoms with Gasteiger partial charge in [0.2, 0.25) is 0 Å². The number of nitrogens with zero attached hydrogens (tertiary/aromatic N) is 3. The topological polar surface area (TPSA) is 58.4 Å². The summed E-state index contributed by atoms with van der Waals surface area (Å²) in [5.74, 6) is 1.10. The van der Waals surface area contributed by atoms with Gasteiger partial charge >= 0.3 is 0 Å². The third-order valence-electron chi connectivity index (χ3n) is 4.43. The Hall–Kier alpha value is -1.72. The van der Waals surface area contributed by atoms with Crippen LogP contribution in [-0.2, 0) is 13.6 Å². The second-order valence-corrected chi connectivity index (χ2v) is 5.93. The Morgan fingerprint density at radius 3 is 2.90 bits per heavy atom. The minimum Gasteiger partial charge on any atom is -0.393 e. The third kappa shape index (κ3) is 2.71. The van der Waals surface area contributed by atoms with Crippen LogP contribution in [-0.4, -0.2) is 38.8 Å². The van der Waals surface area contributed by atoms with E-state index in [2.05, 4.69) is 9.88 Å². The van der Waals surface area contributed by atoms with Crippen LogP contribution in [0, 0.1) is 5.92 Å². The molecule has 1 fully saturated rings. The van der Waals surface area contributed by atoms with Gasteiger partial charge in [-0.15, -0.1) is 0 Å². The van der Waals surface area contributed by atoms with E-state index in [9.17, 15) is 9.90 Å². The molecule has 1 saturated heterocycles. The van der Waals surface area contributed by atoms with E-state index in [1.54, 1.807) is 11.6 Å². The maximum atomic E-state index is 12.4. The fourth-order valence-electron chi connectivity index (χ4n) is 3.01. The molecule has 1 aliphatic heterocycles. The molecule has 2 atom stereocenters. The highest BCUT2D eigenvalue weighted by Crippen LogP contribution is 2.21. The fraction of sp³-hybridized carbons (Fsp3) is 0.500. The van der Waals surface area contributed by atoms with E-state index in [4.69, 9.17) is 0 Å². The lowest BCUT2D eigenvalue weighted by Gasteiger charge is -2.18. The molecule has 2 aromatic rings. The zero-order valence-electron chi connectivity index (χ0n) is 12.5. The lowest BCUT2D eigenvalue weighted by atomic mass is 10.0. The lowest BCUT2D eigenvalue weighted by molar-refractivity contribution is 0.126. The predicted octanol–water partition coefficient (Wildman–Crippen LogP) is 1.14. The van der Waals surface area contributed by atoms with Gasteiger partial charge in [0.15, 0.2) is 0 Å². The highest BCUT2D eigenvalue weighted by Gasteiger charge is 2.26. The third-order valence-corrected chi connectivity index (χ3v) is 4.43. The average molecular weight is 287 g/mol. The highest BCUT2D eigenvalue weighted by molar-refractivity contribution is 5.77. The number of hydrogen-bond acceptors (Lipinski definition) is 4. The Balaban J connectivity index is 1.88. The molecule has 0 saturated carbocycles. The van der Waals surface area contributed by atoms with Crippen molar-refractivity contribution in [3.05, 3.63) is 40.4 Å². The number of rotatable bonds is 3. The molecule has 0 bridgehead atoms. The Kier molecular flexibility index (Phi) is 3.78. The van der Waals surface area contributed by atoms with Gasteiger partial charge in [0.1, 0.15) is 5.82 Å². The number of hydrogen-bond donors (Lipinski definition) is 1. The van der Waals surface area contributed by atoms with E-state index in [-0.39, 0.29) is 11.7 Å². The van der Waals surface area contributed by atoms with Crippen LogP contribution in [0.5, 0.6) is 0 Å². The van der Waals surface area contributed by atoms with Gasteiger partial charge in [0.05, 0.1) is 23.6 Å². The van der Waals surface area contributed by atoms with Crippen molar-refractivity contribution in [3.8, 4) is 0 Å². The minimum absolute atomic E-state index is 0.00173. The molecule has 21 heavy (non-hydrogen) atoms. The van der Waals surface area contributed by atoms with E-state index in [0.29, 0.717) is 17.8 Å². The van der Waals surface area contributed by atoms with Crippen molar-refractivity contribution in [3.63, 3.8) is 0 Å². The van der Waals surface area contributed by atoms with Gasteiger partial charge in [-0.1, -0.05) is 12.1 Å². The van der Waals surface area contributed by atoms with Crippen molar-refractivity contribution in [2.75, 3.05) is 13.1 Å². The summed E-state index contributed by atoms with van der Waals surface area (Å²) in [5.41, 5.74) is 0.753. The van der Waals surface area contributed by atoms with Gasteiger partial charge < -0.3 is 5.11 Å². The van der Waals surface area contributed by atoms with Gasteiger partial charge in [0.25, 0.3) is 5.56 Å². The molecule has 3 rings (SSSR count). The fourth-order valence-corrected chi connectivity index (χ4v) is 3.01. The first-order chi connectivity index (χ1) is 10.1. The maximum absolute atomic E-state index is 12.4. The van der Waals surface area contributed by atoms with E-state index < -0.39 is 0 Å². The van der Waals surface area contributed by atoms with Gasteiger partial charge in [-0.05, 0) is 37.9 Å². The summed E-state index contributed by atoms with van der Waals surface area (Å²) in [7, 11) is 1.78. The first kappa shape index (κ1) is 14.2. The van der Waals surface area contributed by atoms with Crippen molar-refractivity contribution < 1.29 is 5.11 Å². The Morgan fingerprint density at radius 1 is 1.43 bits per heavy atom. The van der Waals surface area contributed by atoms with Crippen LogP contribution in [0.2, 0.25) is 0 Å². The van der Waals surface area contributed by atoms with Crippen molar-refractivity contribution in [2.45, 2.75) is 26.0 Å². The van der Waals surface area contributed by atoms with E-state index in [0.717, 1.165) is 30.9 Å². The van der Waals surface area contributed by atoms with E-state index >= 15 is 0 Å². The second kappa shape index (κ2) is 5.58. The Bertz CT molecular complexity index is 708. The number of fused-ring (bicyclic) bond motifs is 1. The van der Waals surface area contributed by atoms with Crippen LogP contribution in [0.3, 0.4) is 0 Å². The number of para-hydroxylation sites is 1. The van der Waals surface area contributed by atoms with Gasteiger partial charge in [-0.25, -0.2) is 4.98 Å². The molecule has 1 aliphatic rings. The second-order valence-electron chi connectivity index (χ2n) is 5.93. The normalized spacial score (nSPS) is 21.0. The van der Waals surface area contributed by atoms with Crippen molar-refractivity contribution in [1.29, 1.82) is 0 Å². The monoisotopic (exact) mass is 287 g/mol. The Morgan fingerprint density at radius 2 is 2.19 bits per heavy atom. The maximum Gasteiger partial charge on any atom is 0.261 e. The van der Waals surface area contributed by atoms with Crippen molar-refractivity contribution >= 4 is 10.9 Å². The van der Waals surface area contributed by atoms with Crippen LogP contribution in [0.25, 0.3) is 10.9 Å². The van der Waals surface area contributed by atoms with Crippen molar-refractivity contribution in [2.24, 2.45) is 13.0 Å². The van der Waals surface area contributed by atoms with E-state index in [1.807, 2.05) is 31.2 Å². The smallest absolute Gasteiger partial charge is 0.261 e.